The maximum Gasteiger partial charge on any atom is 0.311 e. The van der Waals surface area contributed by atoms with Crippen molar-refractivity contribution in [1.82, 2.24) is 4.90 Å². The Balaban J connectivity index is 1.58. The van der Waals surface area contributed by atoms with Crippen LogP contribution in [0.4, 0.5) is 0 Å². The van der Waals surface area contributed by atoms with E-state index in [4.69, 9.17) is 4.74 Å². The number of rotatable bonds is 3. The van der Waals surface area contributed by atoms with Crippen molar-refractivity contribution >= 4 is 5.97 Å². The largest absolute Gasteiger partial charge is 0.465 e. The Bertz CT molecular complexity index is 466. The average molecular weight is 275 g/mol. The van der Waals surface area contributed by atoms with Crippen LogP contribution in [0.1, 0.15) is 24.8 Å². The lowest BCUT2D eigenvalue weighted by Crippen LogP contribution is -2.49. The molecule has 0 unspecified atom stereocenters. The number of cyclic esters (lactones) is 1. The van der Waals surface area contributed by atoms with Crippen LogP contribution in [0.15, 0.2) is 30.3 Å². The van der Waals surface area contributed by atoms with Crippen LogP contribution in [-0.2, 0) is 16.1 Å². The fraction of sp³-hybridized carbons (Fsp3) is 0.562. The molecule has 1 aromatic rings. The number of carbonyl (C=O) groups is 1. The molecular weight excluding hydrogens is 254 g/mol. The fourth-order valence-corrected chi connectivity index (χ4v) is 3.27. The standard InChI is InChI=1S/C16H21NO3/c18-15-14(6-11-20-15)16(19)7-9-17(10-8-16)12-13-4-2-1-3-5-13/h1-5,14,19H,6-12H2/t14-/m1/s1. The molecule has 1 N–H and O–H groups in total. The van der Waals surface area contributed by atoms with E-state index in [-0.39, 0.29) is 11.9 Å². The summed E-state index contributed by atoms with van der Waals surface area (Å²) in [7, 11) is 0. The molecule has 0 radical (unpaired) electrons. The van der Waals surface area contributed by atoms with Crippen LogP contribution in [0.25, 0.3) is 0 Å². The van der Waals surface area contributed by atoms with Gasteiger partial charge in [0.1, 0.15) is 0 Å². The van der Waals surface area contributed by atoms with Crippen molar-refractivity contribution in [2.24, 2.45) is 5.92 Å². The molecule has 20 heavy (non-hydrogen) atoms. The summed E-state index contributed by atoms with van der Waals surface area (Å²) in [6.45, 7) is 3.02. The Morgan fingerprint density at radius 3 is 2.55 bits per heavy atom. The molecule has 4 heteroatoms. The second kappa shape index (κ2) is 5.54. The summed E-state index contributed by atoms with van der Waals surface area (Å²) < 4.78 is 4.99. The molecule has 1 atom stereocenters. The summed E-state index contributed by atoms with van der Waals surface area (Å²) in [5, 5.41) is 10.7. The van der Waals surface area contributed by atoms with E-state index in [0.29, 0.717) is 25.9 Å². The van der Waals surface area contributed by atoms with Gasteiger partial charge in [0.05, 0.1) is 18.1 Å². The van der Waals surface area contributed by atoms with Gasteiger partial charge in [-0.1, -0.05) is 30.3 Å². The predicted octanol–water partition coefficient (Wildman–Crippen LogP) is 1.58. The van der Waals surface area contributed by atoms with Gasteiger partial charge >= 0.3 is 5.97 Å². The van der Waals surface area contributed by atoms with E-state index in [1.807, 2.05) is 18.2 Å². The lowest BCUT2D eigenvalue weighted by atomic mass is 9.78. The van der Waals surface area contributed by atoms with Gasteiger partial charge in [0.2, 0.25) is 0 Å². The lowest BCUT2D eigenvalue weighted by Gasteiger charge is -2.40. The molecule has 2 fully saturated rings. The normalized spacial score (nSPS) is 26.4. The average Bonchev–Trinajstić information content (AvgIpc) is 2.90. The van der Waals surface area contributed by atoms with Crippen molar-refractivity contribution in [2.75, 3.05) is 19.7 Å². The highest BCUT2D eigenvalue weighted by Gasteiger charge is 2.46. The molecule has 2 heterocycles. The molecule has 0 amide bonds. The van der Waals surface area contributed by atoms with Crippen molar-refractivity contribution in [1.29, 1.82) is 0 Å². The van der Waals surface area contributed by atoms with E-state index >= 15 is 0 Å². The zero-order chi connectivity index (χ0) is 14.0. The Kier molecular flexibility index (Phi) is 3.76. The van der Waals surface area contributed by atoms with Crippen LogP contribution in [0.2, 0.25) is 0 Å². The molecule has 0 bridgehead atoms. The Labute approximate surface area is 119 Å². The molecule has 2 aliphatic rings. The predicted molar refractivity (Wildman–Crippen MR) is 75.0 cm³/mol. The van der Waals surface area contributed by atoms with Gasteiger partial charge in [-0.3, -0.25) is 9.69 Å². The van der Waals surface area contributed by atoms with Gasteiger partial charge in [-0.2, -0.15) is 0 Å². The zero-order valence-electron chi connectivity index (χ0n) is 11.6. The van der Waals surface area contributed by atoms with Crippen molar-refractivity contribution in [2.45, 2.75) is 31.4 Å². The molecule has 0 aromatic heterocycles. The minimum Gasteiger partial charge on any atom is -0.465 e. The first-order valence-corrected chi connectivity index (χ1v) is 7.33. The highest BCUT2D eigenvalue weighted by atomic mass is 16.5. The molecule has 3 rings (SSSR count). The number of likely N-dealkylation sites (tertiary alicyclic amines) is 1. The summed E-state index contributed by atoms with van der Waals surface area (Å²) in [5.74, 6) is -0.537. The van der Waals surface area contributed by atoms with E-state index in [1.54, 1.807) is 0 Å². The molecule has 0 saturated carbocycles. The summed E-state index contributed by atoms with van der Waals surface area (Å²) in [6, 6.07) is 10.3. The van der Waals surface area contributed by atoms with Gasteiger partial charge in [-0.15, -0.1) is 0 Å². The third-order valence-corrected chi connectivity index (χ3v) is 4.55. The smallest absolute Gasteiger partial charge is 0.311 e. The topological polar surface area (TPSA) is 49.8 Å². The number of nitrogens with zero attached hydrogens (tertiary/aromatic N) is 1. The molecule has 4 nitrogen and oxygen atoms in total. The Morgan fingerprint density at radius 1 is 1.25 bits per heavy atom. The number of ether oxygens (including phenoxy) is 1. The third kappa shape index (κ3) is 2.72. The van der Waals surface area contributed by atoms with Crippen LogP contribution in [0.3, 0.4) is 0 Å². The first-order chi connectivity index (χ1) is 9.67. The fourth-order valence-electron chi connectivity index (χ4n) is 3.27. The number of aliphatic hydroxyl groups is 1. The molecule has 2 aliphatic heterocycles. The number of hydrogen-bond donors (Lipinski definition) is 1. The van der Waals surface area contributed by atoms with Crippen LogP contribution >= 0.6 is 0 Å². The van der Waals surface area contributed by atoms with E-state index in [0.717, 1.165) is 19.6 Å². The minimum atomic E-state index is -0.860. The van der Waals surface area contributed by atoms with Crippen molar-refractivity contribution in [3.8, 4) is 0 Å². The van der Waals surface area contributed by atoms with E-state index in [1.165, 1.54) is 5.56 Å². The van der Waals surface area contributed by atoms with E-state index in [9.17, 15) is 9.90 Å². The van der Waals surface area contributed by atoms with Crippen LogP contribution in [-0.4, -0.2) is 41.3 Å². The van der Waals surface area contributed by atoms with Gasteiger partial charge in [0, 0.05) is 19.6 Å². The van der Waals surface area contributed by atoms with Crippen LogP contribution < -0.4 is 0 Å². The first kappa shape index (κ1) is 13.6. The van der Waals surface area contributed by atoms with Crippen molar-refractivity contribution < 1.29 is 14.6 Å². The summed E-state index contributed by atoms with van der Waals surface area (Å²) >= 11 is 0. The van der Waals surface area contributed by atoms with E-state index < -0.39 is 5.60 Å². The molecule has 0 aliphatic carbocycles. The maximum absolute atomic E-state index is 11.7. The van der Waals surface area contributed by atoms with Gasteiger partial charge in [0.15, 0.2) is 0 Å². The number of benzene rings is 1. The van der Waals surface area contributed by atoms with Gasteiger partial charge in [-0.05, 0) is 24.8 Å². The monoisotopic (exact) mass is 275 g/mol. The number of carbonyl (C=O) groups excluding carboxylic acids is 1. The van der Waals surface area contributed by atoms with Gasteiger partial charge < -0.3 is 9.84 Å². The van der Waals surface area contributed by atoms with Crippen molar-refractivity contribution in [3.05, 3.63) is 35.9 Å². The summed E-state index contributed by atoms with van der Waals surface area (Å²) in [6.07, 6.45) is 1.97. The summed E-state index contributed by atoms with van der Waals surface area (Å²) in [5.41, 5.74) is 0.430. The highest BCUT2D eigenvalue weighted by molar-refractivity contribution is 5.75. The Hall–Kier alpha value is -1.39. The first-order valence-electron chi connectivity index (χ1n) is 7.33. The van der Waals surface area contributed by atoms with E-state index in [2.05, 4.69) is 17.0 Å². The number of piperidine rings is 1. The third-order valence-electron chi connectivity index (χ3n) is 4.55. The molecule has 108 valence electrons. The molecule has 1 aromatic carbocycles. The van der Waals surface area contributed by atoms with Crippen LogP contribution in [0.5, 0.6) is 0 Å². The summed E-state index contributed by atoms with van der Waals surface area (Å²) in [4.78, 5) is 14.0. The quantitative estimate of drug-likeness (QED) is 0.851. The van der Waals surface area contributed by atoms with Gasteiger partial charge in [0.25, 0.3) is 0 Å². The SMILES string of the molecule is O=C1OCC[C@H]1C1(O)CCN(Cc2ccccc2)CC1. The highest BCUT2D eigenvalue weighted by Crippen LogP contribution is 2.35. The minimum absolute atomic E-state index is 0.219. The second-order valence-electron chi connectivity index (χ2n) is 5.87. The zero-order valence-corrected chi connectivity index (χ0v) is 11.6. The van der Waals surface area contributed by atoms with Gasteiger partial charge in [-0.25, -0.2) is 0 Å². The molecular formula is C16H21NO3. The second-order valence-corrected chi connectivity index (χ2v) is 5.87. The molecule has 0 spiro atoms. The number of esters is 1. The number of hydrogen-bond acceptors (Lipinski definition) is 4. The lowest BCUT2D eigenvalue weighted by molar-refractivity contribution is -0.151. The van der Waals surface area contributed by atoms with Crippen molar-refractivity contribution in [3.63, 3.8) is 0 Å². The van der Waals surface area contributed by atoms with Crippen LogP contribution in [0, 0.1) is 5.92 Å². The molecule has 2 saturated heterocycles. The maximum atomic E-state index is 11.7. The Morgan fingerprint density at radius 2 is 1.95 bits per heavy atom.